The van der Waals surface area contributed by atoms with E-state index in [2.05, 4.69) is 16.1 Å². The van der Waals surface area contributed by atoms with Gasteiger partial charge in [-0.05, 0) is 42.5 Å². The molecular formula is C26H21N5O3S. The molecule has 2 aromatic carbocycles. The summed E-state index contributed by atoms with van der Waals surface area (Å²) in [4.78, 5) is 23.3. The molecule has 8 nitrogen and oxygen atoms in total. The average molecular weight is 484 g/mol. The molecule has 1 aliphatic rings. The van der Waals surface area contributed by atoms with E-state index in [-0.39, 0.29) is 5.56 Å². The minimum Gasteiger partial charge on any atom is -0.478 e. The van der Waals surface area contributed by atoms with Gasteiger partial charge in [0.2, 0.25) is 0 Å². The number of benzene rings is 2. The van der Waals surface area contributed by atoms with Gasteiger partial charge in [0.25, 0.3) is 0 Å². The number of nitrogens with zero attached hydrogens (tertiary/aromatic N) is 5. The van der Waals surface area contributed by atoms with Crippen LogP contribution in [0.3, 0.4) is 0 Å². The molecule has 0 radical (unpaired) electrons. The molecule has 1 fully saturated rings. The second-order valence-corrected chi connectivity index (χ2v) is 9.19. The lowest BCUT2D eigenvalue weighted by molar-refractivity contribution is 0.0697. The maximum atomic E-state index is 11.4. The van der Waals surface area contributed by atoms with Crippen molar-refractivity contribution in [3.63, 3.8) is 0 Å². The number of carboxylic acids is 1. The zero-order valence-corrected chi connectivity index (χ0v) is 19.5. The maximum Gasteiger partial charge on any atom is 0.335 e. The number of fused-ring (bicyclic) bond motifs is 2. The van der Waals surface area contributed by atoms with E-state index in [1.165, 1.54) is 0 Å². The molecule has 0 unspecified atom stereocenters. The molecule has 0 atom stereocenters. The fraction of sp³-hybridized carbons (Fsp3) is 0.154. The summed E-state index contributed by atoms with van der Waals surface area (Å²) in [6, 6.07) is 16.8. The number of morpholine rings is 1. The number of ether oxygens (including phenoxy) is 1. The van der Waals surface area contributed by atoms with Crippen LogP contribution < -0.4 is 4.90 Å². The molecule has 0 bridgehead atoms. The number of carboxylic acid groups (broad SMARTS) is 1. The van der Waals surface area contributed by atoms with Crippen LogP contribution in [0.25, 0.3) is 39.3 Å². The van der Waals surface area contributed by atoms with E-state index >= 15 is 0 Å². The zero-order chi connectivity index (χ0) is 23.8. The van der Waals surface area contributed by atoms with Gasteiger partial charge in [0, 0.05) is 18.7 Å². The second-order valence-electron chi connectivity index (χ2n) is 8.13. The highest BCUT2D eigenvalue weighted by molar-refractivity contribution is 7.19. The topological polar surface area (TPSA) is 92.8 Å². The molecule has 4 heterocycles. The molecule has 6 rings (SSSR count). The molecule has 9 heteroatoms. The average Bonchev–Trinajstić information content (AvgIpc) is 3.49. The molecule has 174 valence electrons. The van der Waals surface area contributed by atoms with Gasteiger partial charge in [-0.1, -0.05) is 24.3 Å². The quantitative estimate of drug-likeness (QED) is 0.387. The summed E-state index contributed by atoms with van der Waals surface area (Å²) >= 11 is 1.62. The highest BCUT2D eigenvalue weighted by Crippen LogP contribution is 2.31. The predicted molar refractivity (Wildman–Crippen MR) is 137 cm³/mol. The van der Waals surface area contributed by atoms with Gasteiger partial charge in [-0.3, -0.25) is 0 Å². The minimum absolute atomic E-state index is 0.233. The molecule has 35 heavy (non-hydrogen) atoms. The van der Waals surface area contributed by atoms with Crippen LogP contribution in [0, 0.1) is 0 Å². The first kappa shape index (κ1) is 21.5. The lowest BCUT2D eigenvalue weighted by Gasteiger charge is -2.28. The van der Waals surface area contributed by atoms with Crippen molar-refractivity contribution < 1.29 is 14.6 Å². The zero-order valence-electron chi connectivity index (χ0n) is 18.7. The number of carbonyl (C=O) groups is 1. The van der Waals surface area contributed by atoms with Crippen LogP contribution in [0.15, 0.2) is 60.8 Å². The summed E-state index contributed by atoms with van der Waals surface area (Å²) in [5.41, 5.74) is 5.30. The summed E-state index contributed by atoms with van der Waals surface area (Å²) in [6.07, 6.45) is 5.70. The Hall–Kier alpha value is -4.08. The number of anilines is 1. The fourth-order valence-corrected chi connectivity index (χ4v) is 5.14. The van der Waals surface area contributed by atoms with Gasteiger partial charge in [0.15, 0.2) is 5.65 Å². The SMILES string of the molecule is O=C(O)c1ccc(-c2c(/C=C/c3nc4ccccc4s3)nc3c(N4CCOCC4)ccnn23)cc1. The van der Waals surface area contributed by atoms with Gasteiger partial charge in [0.05, 0.1) is 46.6 Å². The van der Waals surface area contributed by atoms with E-state index in [1.54, 1.807) is 41.8 Å². The highest BCUT2D eigenvalue weighted by Gasteiger charge is 2.20. The number of aromatic carboxylic acids is 1. The number of aromatic nitrogens is 4. The Balaban J connectivity index is 1.49. The number of para-hydroxylation sites is 1. The molecule has 0 amide bonds. The molecule has 1 saturated heterocycles. The van der Waals surface area contributed by atoms with Crippen LogP contribution in [-0.4, -0.2) is 57.0 Å². The monoisotopic (exact) mass is 483 g/mol. The third-order valence-electron chi connectivity index (χ3n) is 5.98. The van der Waals surface area contributed by atoms with E-state index in [9.17, 15) is 9.90 Å². The first-order valence-electron chi connectivity index (χ1n) is 11.3. The van der Waals surface area contributed by atoms with E-state index in [4.69, 9.17) is 14.7 Å². The van der Waals surface area contributed by atoms with Crippen LogP contribution in [0.5, 0.6) is 0 Å². The lowest BCUT2D eigenvalue weighted by Crippen LogP contribution is -2.36. The fourth-order valence-electron chi connectivity index (χ4n) is 4.27. The van der Waals surface area contributed by atoms with Crippen molar-refractivity contribution in [1.82, 2.24) is 19.6 Å². The number of hydrogen-bond donors (Lipinski definition) is 1. The summed E-state index contributed by atoms with van der Waals surface area (Å²) in [6.45, 7) is 2.91. The van der Waals surface area contributed by atoms with Crippen LogP contribution in [0.4, 0.5) is 5.69 Å². The summed E-state index contributed by atoms with van der Waals surface area (Å²) in [5, 5.41) is 14.8. The molecule has 1 N–H and O–H groups in total. The first-order chi connectivity index (χ1) is 17.2. The molecule has 0 spiro atoms. The Morgan fingerprint density at radius 2 is 1.80 bits per heavy atom. The molecule has 5 aromatic rings. The Morgan fingerprint density at radius 3 is 2.57 bits per heavy atom. The van der Waals surface area contributed by atoms with Crippen molar-refractivity contribution in [1.29, 1.82) is 0 Å². The third kappa shape index (κ3) is 4.05. The van der Waals surface area contributed by atoms with E-state index in [0.717, 1.165) is 56.6 Å². The summed E-state index contributed by atoms with van der Waals surface area (Å²) < 4.78 is 8.48. The van der Waals surface area contributed by atoms with Crippen molar-refractivity contribution >= 4 is 51.0 Å². The molecule has 1 aliphatic heterocycles. The van der Waals surface area contributed by atoms with Crippen molar-refractivity contribution in [3.8, 4) is 11.3 Å². The minimum atomic E-state index is -0.960. The van der Waals surface area contributed by atoms with Crippen LogP contribution in [-0.2, 0) is 4.74 Å². The largest absolute Gasteiger partial charge is 0.478 e. The maximum absolute atomic E-state index is 11.4. The Bertz CT molecular complexity index is 1530. The van der Waals surface area contributed by atoms with Gasteiger partial charge in [-0.2, -0.15) is 5.10 Å². The van der Waals surface area contributed by atoms with E-state index in [1.807, 2.05) is 40.9 Å². The molecule has 0 aliphatic carbocycles. The lowest BCUT2D eigenvalue weighted by atomic mass is 10.1. The van der Waals surface area contributed by atoms with Crippen molar-refractivity contribution in [2.45, 2.75) is 0 Å². The third-order valence-corrected chi connectivity index (χ3v) is 6.98. The van der Waals surface area contributed by atoms with Gasteiger partial charge in [-0.15, -0.1) is 11.3 Å². The van der Waals surface area contributed by atoms with Crippen molar-refractivity contribution in [3.05, 3.63) is 77.1 Å². The first-order valence-corrected chi connectivity index (χ1v) is 12.1. The molecular weight excluding hydrogens is 462 g/mol. The Morgan fingerprint density at radius 1 is 1.00 bits per heavy atom. The predicted octanol–water partition coefficient (Wildman–Crippen LogP) is 4.71. The van der Waals surface area contributed by atoms with Crippen LogP contribution >= 0.6 is 11.3 Å². The number of thiazole rings is 1. The van der Waals surface area contributed by atoms with Crippen LogP contribution in [0.1, 0.15) is 21.1 Å². The second kappa shape index (κ2) is 8.94. The summed E-state index contributed by atoms with van der Waals surface area (Å²) in [7, 11) is 0. The number of rotatable bonds is 5. The van der Waals surface area contributed by atoms with Gasteiger partial charge >= 0.3 is 5.97 Å². The highest BCUT2D eigenvalue weighted by atomic mass is 32.1. The normalized spacial score (nSPS) is 14.3. The van der Waals surface area contributed by atoms with Crippen molar-refractivity contribution in [2.75, 3.05) is 31.2 Å². The molecule has 3 aromatic heterocycles. The standard InChI is InChI=1S/C26H21N5O3S/c32-26(33)18-7-5-17(6-8-18)24-20(9-10-23-28-19-3-1-2-4-22(19)35-23)29-25-21(11-12-27-31(24)25)30-13-15-34-16-14-30/h1-12H,13-16H2,(H,32,33)/b10-9+. The number of imidazole rings is 1. The summed E-state index contributed by atoms with van der Waals surface area (Å²) in [5.74, 6) is -0.960. The van der Waals surface area contributed by atoms with E-state index in [0.29, 0.717) is 13.2 Å². The molecule has 0 saturated carbocycles. The number of hydrogen-bond acceptors (Lipinski definition) is 7. The Labute approximate surface area is 204 Å². The van der Waals surface area contributed by atoms with Gasteiger partial charge in [0.1, 0.15) is 10.7 Å². The Kier molecular flexibility index (Phi) is 5.48. The smallest absolute Gasteiger partial charge is 0.335 e. The van der Waals surface area contributed by atoms with Crippen molar-refractivity contribution in [2.24, 2.45) is 0 Å². The van der Waals surface area contributed by atoms with Gasteiger partial charge < -0.3 is 14.7 Å². The van der Waals surface area contributed by atoms with E-state index < -0.39 is 5.97 Å². The van der Waals surface area contributed by atoms with Crippen LogP contribution in [0.2, 0.25) is 0 Å². The van der Waals surface area contributed by atoms with Gasteiger partial charge in [-0.25, -0.2) is 19.3 Å².